The monoisotopic (exact) mass is 401 g/mol. The van der Waals surface area contributed by atoms with Crippen molar-refractivity contribution in [3.8, 4) is 17.3 Å². The number of halogens is 1. The molecule has 30 heavy (non-hydrogen) atoms. The fourth-order valence-electron chi connectivity index (χ4n) is 4.01. The van der Waals surface area contributed by atoms with E-state index in [4.69, 9.17) is 10.4 Å². The smallest absolute Gasteiger partial charge is 0.251 e. The van der Waals surface area contributed by atoms with Crippen molar-refractivity contribution in [2.75, 3.05) is 0 Å². The third-order valence-corrected chi connectivity index (χ3v) is 5.70. The minimum absolute atomic E-state index is 0.125. The molecule has 1 aliphatic heterocycles. The first kappa shape index (κ1) is 18.5. The molecule has 1 saturated carbocycles. The van der Waals surface area contributed by atoms with Gasteiger partial charge < -0.3 is 5.32 Å². The van der Waals surface area contributed by atoms with Crippen LogP contribution < -0.4 is 5.32 Å². The molecule has 0 spiro atoms. The van der Waals surface area contributed by atoms with Gasteiger partial charge in [-0.05, 0) is 62.1 Å². The molecule has 0 unspecified atom stereocenters. The lowest BCUT2D eigenvalue weighted by atomic mass is 10.0. The van der Waals surface area contributed by atoms with Gasteiger partial charge in [-0.15, -0.1) is 0 Å². The van der Waals surface area contributed by atoms with Gasteiger partial charge in [0.15, 0.2) is 0 Å². The van der Waals surface area contributed by atoms with Gasteiger partial charge in [-0.25, -0.2) is 4.39 Å². The molecule has 1 fully saturated rings. The number of rotatable bonds is 4. The first-order valence-electron chi connectivity index (χ1n) is 10.2. The third-order valence-electron chi connectivity index (χ3n) is 5.70. The zero-order valence-electron chi connectivity index (χ0n) is 16.3. The molecule has 3 heterocycles. The van der Waals surface area contributed by atoms with Crippen molar-refractivity contribution in [2.24, 2.45) is 0 Å². The summed E-state index contributed by atoms with van der Waals surface area (Å²) < 4.78 is 15.7. The Morgan fingerprint density at radius 3 is 2.87 bits per heavy atom. The van der Waals surface area contributed by atoms with Gasteiger partial charge in [0.2, 0.25) is 0 Å². The Hall–Kier alpha value is -3.53. The van der Waals surface area contributed by atoms with Crippen LogP contribution in [-0.2, 0) is 6.54 Å². The average molecular weight is 401 g/mol. The number of nitrogens with one attached hydrogen (secondary N) is 1. The number of nitrogens with zero attached hydrogens (tertiary/aromatic N) is 4. The summed E-state index contributed by atoms with van der Waals surface area (Å²) in [6.07, 6.45) is 5.88. The van der Waals surface area contributed by atoms with E-state index in [9.17, 15) is 9.18 Å². The minimum Gasteiger partial charge on any atom is -0.344 e. The van der Waals surface area contributed by atoms with Gasteiger partial charge in [0.1, 0.15) is 5.82 Å². The number of amides is 1. The van der Waals surface area contributed by atoms with E-state index >= 15 is 0 Å². The molecule has 2 aliphatic rings. The molecule has 0 saturated heterocycles. The van der Waals surface area contributed by atoms with E-state index in [-0.39, 0.29) is 17.2 Å². The fourth-order valence-corrected chi connectivity index (χ4v) is 4.01. The number of fused-ring (bicyclic) bond motifs is 1. The molecule has 6 nitrogen and oxygen atoms in total. The van der Waals surface area contributed by atoms with E-state index in [2.05, 4.69) is 16.4 Å². The highest BCUT2D eigenvalue weighted by Gasteiger charge is 2.27. The van der Waals surface area contributed by atoms with E-state index in [0.29, 0.717) is 5.92 Å². The summed E-state index contributed by atoms with van der Waals surface area (Å²) in [7, 11) is 0. The minimum atomic E-state index is -0.598. The summed E-state index contributed by atoms with van der Waals surface area (Å²) >= 11 is 0. The van der Waals surface area contributed by atoms with Crippen LogP contribution >= 0.6 is 0 Å². The van der Waals surface area contributed by atoms with Crippen LogP contribution in [0.3, 0.4) is 0 Å². The second-order valence-electron chi connectivity index (χ2n) is 7.93. The van der Waals surface area contributed by atoms with Crippen molar-refractivity contribution < 1.29 is 9.18 Å². The second-order valence-corrected chi connectivity index (χ2v) is 7.93. The lowest BCUT2D eigenvalue weighted by molar-refractivity contribution is 0.0928. The molecule has 2 aromatic heterocycles. The van der Waals surface area contributed by atoms with Gasteiger partial charge in [-0.1, -0.05) is 0 Å². The van der Waals surface area contributed by atoms with Crippen LogP contribution in [0.4, 0.5) is 4.39 Å². The quantitative estimate of drug-likeness (QED) is 0.713. The van der Waals surface area contributed by atoms with E-state index in [1.165, 1.54) is 18.9 Å². The lowest BCUT2D eigenvalue weighted by Crippen LogP contribution is -2.32. The molecule has 1 aliphatic carbocycles. The van der Waals surface area contributed by atoms with Crippen molar-refractivity contribution in [1.29, 1.82) is 5.26 Å². The van der Waals surface area contributed by atoms with Gasteiger partial charge >= 0.3 is 0 Å². The summed E-state index contributed by atoms with van der Waals surface area (Å²) in [5.74, 6) is -0.426. The van der Waals surface area contributed by atoms with Gasteiger partial charge in [0, 0.05) is 35.5 Å². The number of aromatic nitrogens is 3. The van der Waals surface area contributed by atoms with Gasteiger partial charge in [-0.3, -0.25) is 14.5 Å². The summed E-state index contributed by atoms with van der Waals surface area (Å²) in [6, 6.07) is 11.4. The summed E-state index contributed by atoms with van der Waals surface area (Å²) in [5, 5.41) is 16.8. The van der Waals surface area contributed by atoms with E-state index in [1.807, 2.05) is 29.1 Å². The summed E-state index contributed by atoms with van der Waals surface area (Å²) in [4.78, 5) is 17.2. The molecular weight excluding hydrogens is 381 g/mol. The number of hydrogen-bond donors (Lipinski definition) is 1. The zero-order chi connectivity index (χ0) is 20.7. The topological polar surface area (TPSA) is 83.6 Å². The normalized spacial score (nSPS) is 17.8. The van der Waals surface area contributed by atoms with Gasteiger partial charge in [0.25, 0.3) is 5.91 Å². The Morgan fingerprint density at radius 2 is 2.07 bits per heavy atom. The Morgan fingerprint density at radius 1 is 1.20 bits per heavy atom. The highest BCUT2D eigenvalue weighted by atomic mass is 19.1. The first-order chi connectivity index (χ1) is 14.6. The highest BCUT2D eigenvalue weighted by molar-refractivity contribution is 5.94. The number of nitriles is 1. The number of aryl methyl sites for hydroxylation is 1. The Kier molecular flexibility index (Phi) is 4.55. The fraction of sp³-hybridized carbons (Fsp3) is 0.304. The number of pyridine rings is 1. The first-order valence-corrected chi connectivity index (χ1v) is 10.2. The van der Waals surface area contributed by atoms with Gasteiger partial charge in [0.05, 0.1) is 29.1 Å². The number of carbonyl (C=O) groups is 1. The Bertz CT molecular complexity index is 1170. The van der Waals surface area contributed by atoms with Crippen molar-refractivity contribution in [3.63, 3.8) is 0 Å². The molecule has 0 bridgehead atoms. The van der Waals surface area contributed by atoms with Crippen molar-refractivity contribution >= 4 is 5.91 Å². The van der Waals surface area contributed by atoms with Crippen LogP contribution in [0.2, 0.25) is 0 Å². The van der Waals surface area contributed by atoms with Gasteiger partial charge in [-0.2, -0.15) is 10.4 Å². The van der Waals surface area contributed by atoms with Crippen molar-refractivity contribution in [2.45, 2.75) is 44.2 Å². The van der Waals surface area contributed by atoms with Crippen LogP contribution in [0.5, 0.6) is 0 Å². The van der Waals surface area contributed by atoms with Crippen LogP contribution in [-0.4, -0.2) is 20.7 Å². The molecule has 0 radical (unpaired) electrons. The highest BCUT2D eigenvalue weighted by Crippen LogP contribution is 2.40. The molecule has 7 heteroatoms. The standard InChI is InChI=1S/C23H20FN5O/c24-18-9-14(13-25)8-17(10-18)23(30)27-19-2-1-7-29-22(19)12-21(28-29)16-5-6-26-20(11-16)15-3-4-15/h5-6,8-12,15,19H,1-4,7H2,(H,27,30)/t19-/m1/s1. The molecule has 1 N–H and O–H groups in total. The molecule has 1 aromatic carbocycles. The van der Waals surface area contributed by atoms with Crippen LogP contribution in [0.1, 0.15) is 65.0 Å². The summed E-state index contributed by atoms with van der Waals surface area (Å²) in [5.41, 5.74) is 4.22. The Labute approximate surface area is 173 Å². The van der Waals surface area contributed by atoms with Crippen molar-refractivity contribution in [1.82, 2.24) is 20.1 Å². The molecule has 3 aromatic rings. The van der Waals surface area contributed by atoms with Crippen molar-refractivity contribution in [3.05, 3.63) is 70.9 Å². The molecule has 1 atom stereocenters. The largest absolute Gasteiger partial charge is 0.344 e. The lowest BCUT2D eigenvalue weighted by Gasteiger charge is -2.24. The van der Waals surface area contributed by atoms with Crippen LogP contribution in [0, 0.1) is 17.1 Å². The predicted octanol–water partition coefficient (Wildman–Crippen LogP) is 4.10. The maximum Gasteiger partial charge on any atom is 0.251 e. The molecule has 5 rings (SSSR count). The third kappa shape index (κ3) is 3.57. The second kappa shape index (κ2) is 7.38. The SMILES string of the molecule is N#Cc1cc(F)cc(C(=O)N[C@@H]2CCCn3nc(-c4ccnc(C5CC5)c4)cc32)c1. The molecular formula is C23H20FN5O. The number of carbonyl (C=O) groups excluding carboxylic acids is 1. The zero-order valence-corrected chi connectivity index (χ0v) is 16.3. The predicted molar refractivity (Wildman–Crippen MR) is 108 cm³/mol. The van der Waals surface area contributed by atoms with E-state index < -0.39 is 11.7 Å². The van der Waals surface area contributed by atoms with E-state index in [0.717, 1.165) is 54.2 Å². The number of benzene rings is 1. The van der Waals surface area contributed by atoms with Crippen LogP contribution in [0.25, 0.3) is 11.3 Å². The maximum absolute atomic E-state index is 13.7. The molecule has 150 valence electrons. The Balaban J connectivity index is 1.41. The van der Waals surface area contributed by atoms with E-state index in [1.54, 1.807) is 0 Å². The molecule has 1 amide bonds. The number of hydrogen-bond acceptors (Lipinski definition) is 4. The maximum atomic E-state index is 13.7. The van der Waals surface area contributed by atoms with Crippen LogP contribution in [0.15, 0.2) is 42.6 Å². The summed E-state index contributed by atoms with van der Waals surface area (Å²) in [6.45, 7) is 0.792. The average Bonchev–Trinajstić information content (AvgIpc) is 3.52.